The maximum absolute atomic E-state index is 9.63. The molecule has 2 rings (SSSR count). The Morgan fingerprint density at radius 3 is 2.78 bits per heavy atom. The van der Waals surface area contributed by atoms with Crippen molar-refractivity contribution in [3.05, 3.63) is 23.5 Å². The van der Waals surface area contributed by atoms with Crippen LogP contribution in [0.25, 0.3) is 0 Å². The van der Waals surface area contributed by atoms with E-state index in [4.69, 9.17) is 0 Å². The van der Waals surface area contributed by atoms with Gasteiger partial charge in [0.25, 0.3) is 0 Å². The van der Waals surface area contributed by atoms with E-state index in [1.165, 1.54) is 0 Å². The van der Waals surface area contributed by atoms with E-state index in [9.17, 15) is 5.11 Å². The lowest BCUT2D eigenvalue weighted by molar-refractivity contribution is 0.229. The number of nitrogens with one attached hydrogen (secondary N) is 2. The molecule has 0 spiro atoms. The molecular formula is C12H19N5O. The number of nitrogens with zero attached hydrogens (tertiary/aromatic N) is 3. The lowest BCUT2D eigenvalue weighted by atomic mass is 10.3. The zero-order valence-electron chi connectivity index (χ0n) is 11.1. The highest BCUT2D eigenvalue weighted by atomic mass is 16.3. The Balaban J connectivity index is 2.33. The third kappa shape index (κ3) is 2.70. The smallest absolute Gasteiger partial charge is 0.228 e. The van der Waals surface area contributed by atoms with Crippen LogP contribution in [0.5, 0.6) is 0 Å². The van der Waals surface area contributed by atoms with Gasteiger partial charge in [-0.3, -0.25) is 0 Å². The Kier molecular flexibility index (Phi) is 3.38. The van der Waals surface area contributed by atoms with Crippen molar-refractivity contribution in [1.82, 2.24) is 15.1 Å². The summed E-state index contributed by atoms with van der Waals surface area (Å²) in [6, 6.07) is 2.25. The molecule has 1 unspecified atom stereocenters. The summed E-state index contributed by atoms with van der Waals surface area (Å²) in [6.45, 7) is 7.92. The molecule has 6 nitrogen and oxygen atoms in total. The maximum Gasteiger partial charge on any atom is 0.228 e. The standard InChI is InChI=1S/C12H19N5O/c1-7(2)13-10-5-9(4)16-17(10)12-14-8(3)6-11(18)15-12/h5-7,11,13,18H,1-4H3,(H,14,15). The number of hydrogen-bond acceptors (Lipinski definition) is 5. The summed E-state index contributed by atoms with van der Waals surface area (Å²) in [7, 11) is 0. The van der Waals surface area contributed by atoms with E-state index < -0.39 is 6.23 Å². The van der Waals surface area contributed by atoms with E-state index in [-0.39, 0.29) is 0 Å². The molecule has 0 saturated heterocycles. The first kappa shape index (κ1) is 12.6. The predicted octanol–water partition coefficient (Wildman–Crippen LogP) is 1.04. The van der Waals surface area contributed by atoms with Crippen LogP contribution in [-0.4, -0.2) is 33.1 Å². The predicted molar refractivity (Wildman–Crippen MR) is 71.5 cm³/mol. The van der Waals surface area contributed by atoms with Gasteiger partial charge < -0.3 is 15.7 Å². The van der Waals surface area contributed by atoms with Crippen LogP contribution in [0.15, 0.2) is 22.8 Å². The zero-order valence-corrected chi connectivity index (χ0v) is 11.1. The van der Waals surface area contributed by atoms with Crippen molar-refractivity contribution in [1.29, 1.82) is 0 Å². The molecule has 1 aromatic rings. The third-order valence-electron chi connectivity index (χ3n) is 2.43. The largest absolute Gasteiger partial charge is 0.368 e. The molecule has 1 aliphatic heterocycles. The van der Waals surface area contributed by atoms with Crippen molar-refractivity contribution in [2.75, 3.05) is 5.32 Å². The van der Waals surface area contributed by atoms with Crippen LogP contribution in [-0.2, 0) is 0 Å². The zero-order chi connectivity index (χ0) is 13.3. The van der Waals surface area contributed by atoms with E-state index >= 15 is 0 Å². The third-order valence-corrected chi connectivity index (χ3v) is 2.43. The molecule has 0 radical (unpaired) electrons. The number of allylic oxidation sites excluding steroid dienone is 1. The summed E-state index contributed by atoms with van der Waals surface area (Å²) in [5, 5.41) is 20.4. The van der Waals surface area contributed by atoms with E-state index in [0.717, 1.165) is 17.2 Å². The van der Waals surface area contributed by atoms with Crippen molar-refractivity contribution in [2.24, 2.45) is 4.99 Å². The van der Waals surface area contributed by atoms with Gasteiger partial charge in [0.1, 0.15) is 5.82 Å². The second kappa shape index (κ2) is 4.81. The molecule has 1 atom stereocenters. The highest BCUT2D eigenvalue weighted by Gasteiger charge is 2.16. The summed E-state index contributed by atoms with van der Waals surface area (Å²) < 4.78 is 1.68. The van der Waals surface area contributed by atoms with Crippen LogP contribution < -0.4 is 10.6 Å². The minimum Gasteiger partial charge on any atom is -0.368 e. The molecule has 1 aromatic heterocycles. The van der Waals surface area contributed by atoms with Gasteiger partial charge in [-0.15, -0.1) is 0 Å². The molecule has 0 fully saturated rings. The van der Waals surface area contributed by atoms with Gasteiger partial charge in [-0.1, -0.05) is 0 Å². The quantitative estimate of drug-likeness (QED) is 0.732. The molecule has 1 aliphatic rings. The fourth-order valence-corrected chi connectivity index (χ4v) is 1.80. The first-order valence-electron chi connectivity index (χ1n) is 6.00. The number of aliphatic hydroxyl groups excluding tert-OH is 1. The van der Waals surface area contributed by atoms with Gasteiger partial charge >= 0.3 is 0 Å². The Bertz CT molecular complexity index is 501. The molecule has 2 heterocycles. The lowest BCUT2D eigenvalue weighted by Crippen LogP contribution is -2.36. The van der Waals surface area contributed by atoms with Crippen molar-refractivity contribution in [2.45, 2.75) is 40.0 Å². The van der Waals surface area contributed by atoms with E-state index in [1.54, 1.807) is 10.8 Å². The summed E-state index contributed by atoms with van der Waals surface area (Å²) in [5.74, 6) is 1.38. The molecule has 3 N–H and O–H groups in total. The van der Waals surface area contributed by atoms with Gasteiger partial charge in [-0.05, 0) is 33.8 Å². The van der Waals surface area contributed by atoms with Gasteiger partial charge in [-0.25, -0.2) is 4.99 Å². The van der Waals surface area contributed by atoms with Crippen molar-refractivity contribution in [3.63, 3.8) is 0 Å². The summed E-state index contributed by atoms with van der Waals surface area (Å²) in [4.78, 5) is 4.13. The number of aliphatic hydroxyl groups is 1. The van der Waals surface area contributed by atoms with Gasteiger partial charge in [0, 0.05) is 17.8 Å². The molecule has 6 heteroatoms. The van der Waals surface area contributed by atoms with Gasteiger partial charge in [0.05, 0.1) is 5.69 Å². The first-order chi connectivity index (χ1) is 8.45. The molecular weight excluding hydrogens is 230 g/mol. The topological polar surface area (TPSA) is 74.5 Å². The second-order valence-electron chi connectivity index (χ2n) is 4.72. The lowest BCUT2D eigenvalue weighted by Gasteiger charge is -2.19. The molecule has 0 aliphatic carbocycles. The van der Waals surface area contributed by atoms with Crippen molar-refractivity contribution in [3.8, 4) is 0 Å². The van der Waals surface area contributed by atoms with Gasteiger partial charge in [-0.2, -0.15) is 9.78 Å². The number of anilines is 1. The van der Waals surface area contributed by atoms with Crippen LogP contribution in [0, 0.1) is 6.92 Å². The second-order valence-corrected chi connectivity index (χ2v) is 4.72. The molecule has 0 saturated carbocycles. The Hall–Kier alpha value is -1.82. The van der Waals surface area contributed by atoms with Crippen molar-refractivity contribution >= 4 is 11.8 Å². The van der Waals surface area contributed by atoms with E-state index in [0.29, 0.717) is 12.0 Å². The summed E-state index contributed by atoms with van der Waals surface area (Å²) >= 11 is 0. The van der Waals surface area contributed by atoms with Crippen molar-refractivity contribution < 1.29 is 5.11 Å². The number of rotatable bonds is 2. The van der Waals surface area contributed by atoms with Crippen LogP contribution in [0.4, 0.5) is 5.82 Å². The Labute approximate surface area is 106 Å². The fourth-order valence-electron chi connectivity index (χ4n) is 1.80. The average Bonchev–Trinajstić information content (AvgIpc) is 2.56. The van der Waals surface area contributed by atoms with Crippen LogP contribution in [0.3, 0.4) is 0 Å². The first-order valence-corrected chi connectivity index (χ1v) is 6.00. The summed E-state index contributed by atoms with van der Waals surface area (Å²) in [5.41, 5.74) is 1.75. The van der Waals surface area contributed by atoms with Crippen LogP contribution >= 0.6 is 0 Å². The maximum atomic E-state index is 9.63. The molecule has 18 heavy (non-hydrogen) atoms. The molecule has 0 bridgehead atoms. The minimum atomic E-state index is -0.822. The minimum absolute atomic E-state index is 0.297. The van der Waals surface area contributed by atoms with Crippen LogP contribution in [0.1, 0.15) is 26.5 Å². The average molecular weight is 249 g/mol. The SMILES string of the molecule is CC1=CC(O)N=C(n2nc(C)cc2NC(C)C)N1. The van der Waals surface area contributed by atoms with E-state index in [2.05, 4.69) is 34.6 Å². The van der Waals surface area contributed by atoms with Gasteiger partial charge in [0.15, 0.2) is 6.23 Å². The molecule has 98 valence electrons. The number of aliphatic imine (C=N–C) groups is 1. The Morgan fingerprint density at radius 2 is 2.17 bits per heavy atom. The van der Waals surface area contributed by atoms with Gasteiger partial charge in [0.2, 0.25) is 5.96 Å². The summed E-state index contributed by atoms with van der Waals surface area (Å²) in [6.07, 6.45) is 0.827. The fraction of sp³-hybridized carbons (Fsp3) is 0.500. The highest BCUT2D eigenvalue weighted by molar-refractivity contribution is 5.86. The number of aryl methyl sites for hydroxylation is 1. The normalized spacial score (nSPS) is 19.3. The number of aromatic nitrogens is 2. The Morgan fingerprint density at radius 1 is 1.44 bits per heavy atom. The number of hydrogen-bond donors (Lipinski definition) is 3. The monoisotopic (exact) mass is 249 g/mol. The van der Waals surface area contributed by atoms with E-state index in [1.807, 2.05) is 19.9 Å². The molecule has 0 amide bonds. The highest BCUT2D eigenvalue weighted by Crippen LogP contribution is 2.13. The van der Waals surface area contributed by atoms with Crippen LogP contribution in [0.2, 0.25) is 0 Å². The molecule has 0 aromatic carbocycles.